The molecule has 0 fully saturated rings. The Morgan fingerprint density at radius 3 is 1.62 bits per heavy atom. The van der Waals surface area contributed by atoms with Crippen molar-refractivity contribution in [2.24, 2.45) is 0 Å². The Bertz CT molecular complexity index is 2120. The number of phenols is 2. The topological polar surface area (TPSA) is 167 Å². The number of aromatic hydroxyl groups is 2. The summed E-state index contributed by atoms with van der Waals surface area (Å²) in [6.07, 6.45) is 0. The van der Waals surface area contributed by atoms with Gasteiger partial charge >= 0.3 is 5.97 Å². The first-order chi connectivity index (χ1) is 22.5. The van der Waals surface area contributed by atoms with Gasteiger partial charge in [-0.15, -0.1) is 30.0 Å². The third-order valence-electron chi connectivity index (χ3n) is 7.14. The molecule has 0 amide bonds. The van der Waals surface area contributed by atoms with Gasteiger partial charge in [0.2, 0.25) is 0 Å². The van der Waals surface area contributed by atoms with Gasteiger partial charge in [-0.1, -0.05) is 18.7 Å². The molecule has 0 aliphatic heterocycles. The minimum Gasteiger partial charge on any atom is -0.505 e. The van der Waals surface area contributed by atoms with Crippen molar-refractivity contribution < 1.29 is 34.3 Å². The molecule has 242 valence electrons. The molecule has 0 spiro atoms. The largest absolute Gasteiger partial charge is 0.505 e. The van der Waals surface area contributed by atoms with Crippen LogP contribution < -0.4 is 9.47 Å². The van der Waals surface area contributed by atoms with Crippen molar-refractivity contribution in [3.05, 3.63) is 95.1 Å². The smallest absolute Gasteiger partial charge is 0.333 e. The van der Waals surface area contributed by atoms with Gasteiger partial charge in [-0.25, -0.2) is 4.79 Å². The van der Waals surface area contributed by atoms with Crippen molar-refractivity contribution >= 4 is 28.0 Å². The molecule has 0 saturated heterocycles. The number of aliphatic hydroxyl groups excluding tert-OH is 1. The summed E-state index contributed by atoms with van der Waals surface area (Å²) < 4.78 is 15.6. The van der Waals surface area contributed by atoms with Crippen molar-refractivity contribution in [3.63, 3.8) is 0 Å². The number of aliphatic hydroxyl groups is 1. The van der Waals surface area contributed by atoms with Gasteiger partial charge < -0.3 is 29.5 Å². The van der Waals surface area contributed by atoms with Gasteiger partial charge in [0.05, 0.1) is 20.8 Å². The maximum absolute atomic E-state index is 11.6. The molecule has 13 nitrogen and oxygen atoms in total. The van der Waals surface area contributed by atoms with E-state index in [9.17, 15) is 20.1 Å². The maximum Gasteiger partial charge on any atom is 0.333 e. The molecule has 6 aromatic rings. The molecule has 0 aliphatic carbocycles. The Balaban J connectivity index is 0.000000189. The highest BCUT2D eigenvalue weighted by Gasteiger charge is 2.17. The number of nitrogens with zero attached hydrogens (tertiary/aromatic N) is 6. The first-order valence-corrected chi connectivity index (χ1v) is 14.4. The second kappa shape index (κ2) is 13.6. The minimum atomic E-state index is -0.535. The molecule has 2 aromatic heterocycles. The standard InChI is InChI=1S/C19H19N3O4.C15H15N3O3/c1-11(2)19(24)26-10-13-8-14(25-4)9-17(18(13)23)22-20-15-6-5-12(3)7-16(15)21-22;1-9-3-4-12-13(5-9)17-18(16-12)14-7-11(21-2)6-10(8-19)15(14)20/h5-9,23H,1,10H2,2-4H3;3-7,19-20H,8H2,1-2H3. The van der Waals surface area contributed by atoms with Crippen LogP contribution in [0.5, 0.6) is 23.0 Å². The van der Waals surface area contributed by atoms with Crippen LogP contribution in [0.1, 0.15) is 29.2 Å². The highest BCUT2D eigenvalue weighted by atomic mass is 16.5. The van der Waals surface area contributed by atoms with E-state index in [1.54, 1.807) is 31.2 Å². The Kier molecular flexibility index (Phi) is 9.38. The lowest BCUT2D eigenvalue weighted by atomic mass is 10.1. The summed E-state index contributed by atoms with van der Waals surface area (Å²) in [4.78, 5) is 14.3. The fraction of sp³-hybridized carbons (Fsp3) is 0.206. The summed E-state index contributed by atoms with van der Waals surface area (Å²) >= 11 is 0. The average molecular weight is 639 g/mol. The van der Waals surface area contributed by atoms with Crippen LogP contribution in [0.3, 0.4) is 0 Å². The number of carbonyl (C=O) groups is 1. The van der Waals surface area contributed by atoms with Gasteiger partial charge in [-0.3, -0.25) is 0 Å². The Morgan fingerprint density at radius 1 is 0.723 bits per heavy atom. The lowest BCUT2D eigenvalue weighted by Gasteiger charge is -2.12. The Morgan fingerprint density at radius 2 is 1.17 bits per heavy atom. The van der Waals surface area contributed by atoms with Gasteiger partial charge in [-0.05, 0) is 68.3 Å². The molecular weight excluding hydrogens is 604 g/mol. The quantitative estimate of drug-likeness (QED) is 0.152. The van der Waals surface area contributed by atoms with E-state index in [1.807, 2.05) is 50.2 Å². The molecule has 0 aliphatic rings. The third kappa shape index (κ3) is 6.99. The molecule has 13 heteroatoms. The number of esters is 1. The second-order valence-electron chi connectivity index (χ2n) is 10.8. The molecule has 0 atom stereocenters. The first kappa shape index (κ1) is 32.4. The van der Waals surface area contributed by atoms with E-state index in [-0.39, 0.29) is 30.3 Å². The number of ether oxygens (including phenoxy) is 3. The fourth-order valence-electron chi connectivity index (χ4n) is 4.60. The molecule has 47 heavy (non-hydrogen) atoms. The van der Waals surface area contributed by atoms with Crippen molar-refractivity contribution in [1.29, 1.82) is 0 Å². The molecule has 0 radical (unpaired) electrons. The summed E-state index contributed by atoms with van der Waals surface area (Å²) in [5, 5.41) is 47.7. The summed E-state index contributed by atoms with van der Waals surface area (Å²) in [6.45, 7) is 8.62. The molecule has 0 bridgehead atoms. The van der Waals surface area contributed by atoms with Gasteiger partial charge in [0.15, 0.2) is 0 Å². The molecule has 6 rings (SSSR count). The predicted octanol–water partition coefficient (Wildman–Crippen LogP) is 5.00. The number of carbonyl (C=O) groups excluding carboxylic acids is 1. The number of aryl methyl sites for hydroxylation is 2. The number of aromatic nitrogens is 6. The Hall–Kier alpha value is -5.95. The van der Waals surface area contributed by atoms with Crippen LogP contribution in [-0.2, 0) is 22.7 Å². The van der Waals surface area contributed by atoms with Crippen molar-refractivity contribution in [2.75, 3.05) is 14.2 Å². The zero-order chi connectivity index (χ0) is 33.8. The molecule has 0 saturated carbocycles. The van der Waals surface area contributed by atoms with Crippen LogP contribution in [0.4, 0.5) is 0 Å². The highest BCUT2D eigenvalue weighted by Crippen LogP contribution is 2.33. The molecule has 3 N–H and O–H groups in total. The van der Waals surface area contributed by atoms with Gasteiger partial charge in [0, 0.05) is 28.8 Å². The lowest BCUT2D eigenvalue weighted by molar-refractivity contribution is -0.140. The number of phenolic OH excluding ortho intramolecular Hbond substituents is 1. The molecule has 2 heterocycles. The van der Waals surface area contributed by atoms with Gasteiger partial charge in [-0.2, -0.15) is 0 Å². The SMILES string of the molecule is C=C(C)C(=O)OCc1cc(OC)cc(-n2nc3ccc(C)cc3n2)c1O.COc1cc(CO)c(O)c(-n2nc3ccc(C)cc3n2)c1. The summed E-state index contributed by atoms with van der Waals surface area (Å²) in [5.41, 5.74) is 6.75. The van der Waals surface area contributed by atoms with Crippen molar-refractivity contribution in [1.82, 2.24) is 30.0 Å². The second-order valence-corrected chi connectivity index (χ2v) is 10.8. The number of hydrogen-bond donors (Lipinski definition) is 3. The fourth-order valence-corrected chi connectivity index (χ4v) is 4.60. The zero-order valence-corrected chi connectivity index (χ0v) is 26.6. The van der Waals surface area contributed by atoms with Crippen LogP contribution in [0.15, 0.2) is 72.8 Å². The van der Waals surface area contributed by atoms with E-state index in [0.29, 0.717) is 45.0 Å². The van der Waals surface area contributed by atoms with Crippen molar-refractivity contribution in [2.45, 2.75) is 34.0 Å². The van der Waals surface area contributed by atoms with E-state index in [2.05, 4.69) is 27.0 Å². The third-order valence-corrected chi connectivity index (χ3v) is 7.14. The lowest BCUT2D eigenvalue weighted by Crippen LogP contribution is -2.07. The van der Waals surface area contributed by atoms with Crippen LogP contribution in [-0.4, -0.2) is 65.5 Å². The van der Waals surface area contributed by atoms with E-state index in [4.69, 9.17) is 14.2 Å². The van der Waals surface area contributed by atoms with E-state index < -0.39 is 5.97 Å². The highest BCUT2D eigenvalue weighted by molar-refractivity contribution is 5.87. The minimum absolute atomic E-state index is 0.0599. The van der Waals surface area contributed by atoms with Crippen molar-refractivity contribution in [3.8, 4) is 34.4 Å². The van der Waals surface area contributed by atoms with Crippen LogP contribution in [0.25, 0.3) is 33.4 Å². The number of benzene rings is 4. The summed E-state index contributed by atoms with van der Waals surface area (Å²) in [7, 11) is 3.03. The maximum atomic E-state index is 11.6. The first-order valence-electron chi connectivity index (χ1n) is 14.4. The number of fused-ring (bicyclic) bond motifs is 2. The molecule has 0 unspecified atom stereocenters. The number of hydrogen-bond acceptors (Lipinski definition) is 11. The average Bonchev–Trinajstić information content (AvgIpc) is 3.68. The summed E-state index contributed by atoms with van der Waals surface area (Å²) in [6, 6.07) is 17.9. The molecule has 4 aromatic carbocycles. The molecular formula is C34H34N6O7. The van der Waals surface area contributed by atoms with Gasteiger partial charge in [0.25, 0.3) is 0 Å². The monoisotopic (exact) mass is 638 g/mol. The zero-order valence-electron chi connectivity index (χ0n) is 26.6. The predicted molar refractivity (Wildman–Crippen MR) is 174 cm³/mol. The van der Waals surface area contributed by atoms with E-state index >= 15 is 0 Å². The van der Waals surface area contributed by atoms with Crippen LogP contribution in [0.2, 0.25) is 0 Å². The Labute approximate surface area is 269 Å². The van der Waals surface area contributed by atoms with E-state index in [1.165, 1.54) is 23.8 Å². The van der Waals surface area contributed by atoms with Gasteiger partial charge in [0.1, 0.15) is 63.0 Å². The normalized spacial score (nSPS) is 10.9. The van der Waals surface area contributed by atoms with Crippen LogP contribution >= 0.6 is 0 Å². The van der Waals surface area contributed by atoms with E-state index in [0.717, 1.165) is 22.2 Å². The number of methoxy groups -OCH3 is 2. The van der Waals surface area contributed by atoms with Crippen LogP contribution in [0, 0.1) is 13.8 Å². The summed E-state index contributed by atoms with van der Waals surface area (Å²) in [5.74, 6) is 0.320. The number of rotatable bonds is 8.